The van der Waals surface area contributed by atoms with Gasteiger partial charge in [-0.05, 0) is 37.2 Å². The van der Waals surface area contributed by atoms with Gasteiger partial charge >= 0.3 is 0 Å². The van der Waals surface area contributed by atoms with Crippen molar-refractivity contribution in [3.63, 3.8) is 0 Å². The van der Waals surface area contributed by atoms with E-state index in [1.54, 1.807) is 25.3 Å². The highest BCUT2D eigenvalue weighted by molar-refractivity contribution is 5.95. The van der Waals surface area contributed by atoms with E-state index < -0.39 is 0 Å². The first-order valence-electron chi connectivity index (χ1n) is 7.42. The summed E-state index contributed by atoms with van der Waals surface area (Å²) in [7, 11) is 1.57. The SMILES string of the molecule is CCN(CC)C(C(=O)Nc1ccc(OC)c(N)c1)C(C)C. The molecule has 0 saturated heterocycles. The first kappa shape index (κ1) is 17.3. The predicted molar refractivity (Wildman–Crippen MR) is 87.6 cm³/mol. The lowest BCUT2D eigenvalue weighted by molar-refractivity contribution is -0.122. The molecule has 0 fully saturated rings. The van der Waals surface area contributed by atoms with Gasteiger partial charge in [0, 0.05) is 5.69 Å². The number of nitrogens with two attached hydrogens (primary N) is 1. The first-order valence-corrected chi connectivity index (χ1v) is 7.42. The lowest BCUT2D eigenvalue weighted by Gasteiger charge is -2.31. The molecular weight excluding hydrogens is 266 g/mol. The molecule has 3 N–H and O–H groups in total. The molecule has 118 valence electrons. The average molecular weight is 293 g/mol. The Kier molecular flexibility index (Phi) is 6.49. The summed E-state index contributed by atoms with van der Waals surface area (Å²) in [4.78, 5) is 14.7. The third-order valence-corrected chi connectivity index (χ3v) is 3.60. The molecule has 0 radical (unpaired) electrons. The number of methoxy groups -OCH3 is 1. The van der Waals surface area contributed by atoms with Crippen molar-refractivity contribution in [1.82, 2.24) is 4.90 Å². The molecule has 0 bridgehead atoms. The molecule has 0 aliphatic carbocycles. The van der Waals surface area contributed by atoms with Gasteiger partial charge in [0.25, 0.3) is 0 Å². The zero-order chi connectivity index (χ0) is 16.0. The van der Waals surface area contributed by atoms with Crippen LogP contribution >= 0.6 is 0 Å². The molecule has 1 aromatic carbocycles. The van der Waals surface area contributed by atoms with Gasteiger partial charge in [0.2, 0.25) is 5.91 Å². The molecule has 5 nitrogen and oxygen atoms in total. The van der Waals surface area contributed by atoms with Gasteiger partial charge < -0.3 is 15.8 Å². The van der Waals surface area contributed by atoms with Gasteiger partial charge in [-0.2, -0.15) is 0 Å². The Labute approximate surface area is 127 Å². The summed E-state index contributed by atoms with van der Waals surface area (Å²) in [5, 5.41) is 2.95. The van der Waals surface area contributed by atoms with Crippen LogP contribution in [0.25, 0.3) is 0 Å². The summed E-state index contributed by atoms with van der Waals surface area (Å²) in [5.41, 5.74) is 7.07. The molecule has 0 aromatic heterocycles. The molecule has 1 unspecified atom stereocenters. The molecule has 0 heterocycles. The predicted octanol–water partition coefficient (Wildman–Crippen LogP) is 2.58. The van der Waals surface area contributed by atoms with Crippen LogP contribution in [0.1, 0.15) is 27.7 Å². The van der Waals surface area contributed by atoms with Crippen molar-refractivity contribution < 1.29 is 9.53 Å². The number of amides is 1. The highest BCUT2D eigenvalue weighted by Gasteiger charge is 2.27. The smallest absolute Gasteiger partial charge is 0.241 e. The molecule has 1 rings (SSSR count). The second-order valence-corrected chi connectivity index (χ2v) is 5.36. The number of hydrogen-bond acceptors (Lipinski definition) is 4. The Bertz CT molecular complexity index is 471. The van der Waals surface area contributed by atoms with Gasteiger partial charge in [0.05, 0.1) is 18.8 Å². The van der Waals surface area contributed by atoms with Gasteiger partial charge in [-0.1, -0.05) is 27.7 Å². The Morgan fingerprint density at radius 3 is 2.38 bits per heavy atom. The highest BCUT2D eigenvalue weighted by atomic mass is 16.5. The van der Waals surface area contributed by atoms with Crippen LogP contribution in [0.15, 0.2) is 18.2 Å². The second kappa shape index (κ2) is 7.88. The number of anilines is 2. The molecular formula is C16H27N3O2. The van der Waals surface area contributed by atoms with Crippen molar-refractivity contribution >= 4 is 17.3 Å². The van der Waals surface area contributed by atoms with E-state index in [0.29, 0.717) is 17.1 Å². The van der Waals surface area contributed by atoms with E-state index in [2.05, 4.69) is 37.9 Å². The van der Waals surface area contributed by atoms with Crippen LogP contribution < -0.4 is 15.8 Å². The number of carbonyl (C=O) groups excluding carboxylic acids is 1. The van der Waals surface area contributed by atoms with Crippen LogP contribution in [0.5, 0.6) is 5.75 Å². The van der Waals surface area contributed by atoms with E-state index in [0.717, 1.165) is 13.1 Å². The number of hydrogen-bond donors (Lipinski definition) is 2. The zero-order valence-electron chi connectivity index (χ0n) is 13.6. The first-order chi connectivity index (χ1) is 9.94. The normalized spacial score (nSPS) is 12.5. The Hall–Kier alpha value is -1.75. The van der Waals surface area contributed by atoms with Crippen LogP contribution in [0.2, 0.25) is 0 Å². The molecule has 0 aliphatic rings. The maximum atomic E-state index is 12.6. The topological polar surface area (TPSA) is 67.6 Å². The molecule has 5 heteroatoms. The molecule has 1 aromatic rings. The summed E-state index contributed by atoms with van der Waals surface area (Å²) in [6.45, 7) is 9.94. The average Bonchev–Trinajstić information content (AvgIpc) is 2.44. The fourth-order valence-electron chi connectivity index (χ4n) is 2.54. The third kappa shape index (κ3) is 4.36. The molecule has 0 aliphatic heterocycles. The van der Waals surface area contributed by atoms with E-state index in [4.69, 9.17) is 10.5 Å². The number of nitrogens with one attached hydrogen (secondary N) is 1. The van der Waals surface area contributed by atoms with Crippen molar-refractivity contribution in [2.24, 2.45) is 5.92 Å². The maximum absolute atomic E-state index is 12.6. The third-order valence-electron chi connectivity index (χ3n) is 3.60. The van der Waals surface area contributed by atoms with Crippen LogP contribution in [0.3, 0.4) is 0 Å². The van der Waals surface area contributed by atoms with Crippen molar-refractivity contribution in [3.05, 3.63) is 18.2 Å². The second-order valence-electron chi connectivity index (χ2n) is 5.36. The lowest BCUT2D eigenvalue weighted by Crippen LogP contribution is -2.47. The number of carbonyl (C=O) groups is 1. The standard InChI is InChI=1S/C16H27N3O2/c1-6-19(7-2)15(11(3)4)16(20)18-12-8-9-14(21-5)13(17)10-12/h8-11,15H,6-7,17H2,1-5H3,(H,18,20). The van der Waals surface area contributed by atoms with E-state index in [1.807, 2.05) is 0 Å². The van der Waals surface area contributed by atoms with Crippen LogP contribution in [0.4, 0.5) is 11.4 Å². The van der Waals surface area contributed by atoms with Crippen molar-refractivity contribution in [2.45, 2.75) is 33.7 Å². The van der Waals surface area contributed by atoms with Crippen LogP contribution in [-0.4, -0.2) is 37.0 Å². The number of likely N-dealkylation sites (N-methyl/N-ethyl adjacent to an activating group) is 1. The van der Waals surface area contributed by atoms with Crippen LogP contribution in [0, 0.1) is 5.92 Å². The minimum absolute atomic E-state index is 0.00160. The minimum atomic E-state index is -0.150. The van der Waals surface area contributed by atoms with Crippen LogP contribution in [-0.2, 0) is 4.79 Å². The number of rotatable bonds is 7. The largest absolute Gasteiger partial charge is 0.495 e. The summed E-state index contributed by atoms with van der Waals surface area (Å²) in [6.07, 6.45) is 0. The number of nitrogens with zero attached hydrogens (tertiary/aromatic N) is 1. The van der Waals surface area contributed by atoms with Gasteiger partial charge in [-0.3, -0.25) is 9.69 Å². The summed E-state index contributed by atoms with van der Waals surface area (Å²) >= 11 is 0. The van der Waals surface area contributed by atoms with Gasteiger partial charge in [-0.25, -0.2) is 0 Å². The Morgan fingerprint density at radius 2 is 1.95 bits per heavy atom. The lowest BCUT2D eigenvalue weighted by atomic mass is 10.0. The molecule has 1 amide bonds. The number of benzene rings is 1. The van der Waals surface area contributed by atoms with Gasteiger partial charge in [-0.15, -0.1) is 0 Å². The number of ether oxygens (including phenoxy) is 1. The summed E-state index contributed by atoms with van der Waals surface area (Å²) in [6, 6.07) is 5.12. The molecule has 1 atom stereocenters. The fraction of sp³-hybridized carbons (Fsp3) is 0.562. The quantitative estimate of drug-likeness (QED) is 0.758. The summed E-state index contributed by atoms with van der Waals surface area (Å²) < 4.78 is 5.12. The molecule has 0 spiro atoms. The van der Waals surface area contributed by atoms with Crippen molar-refractivity contribution in [1.29, 1.82) is 0 Å². The van der Waals surface area contributed by atoms with E-state index in [-0.39, 0.29) is 17.9 Å². The molecule has 0 saturated carbocycles. The minimum Gasteiger partial charge on any atom is -0.495 e. The highest BCUT2D eigenvalue weighted by Crippen LogP contribution is 2.25. The number of nitrogen functional groups attached to an aromatic ring is 1. The van der Waals surface area contributed by atoms with E-state index >= 15 is 0 Å². The van der Waals surface area contributed by atoms with Crippen molar-refractivity contribution in [3.8, 4) is 5.75 Å². The summed E-state index contributed by atoms with van der Waals surface area (Å²) in [5.74, 6) is 0.843. The Morgan fingerprint density at radius 1 is 1.33 bits per heavy atom. The monoisotopic (exact) mass is 293 g/mol. The zero-order valence-corrected chi connectivity index (χ0v) is 13.6. The van der Waals surface area contributed by atoms with Crippen molar-refractivity contribution in [2.75, 3.05) is 31.2 Å². The molecule has 21 heavy (non-hydrogen) atoms. The van der Waals surface area contributed by atoms with Gasteiger partial charge in [0.1, 0.15) is 5.75 Å². The van der Waals surface area contributed by atoms with Gasteiger partial charge in [0.15, 0.2) is 0 Å². The van der Waals surface area contributed by atoms with E-state index in [1.165, 1.54) is 0 Å². The Balaban J connectivity index is 2.89. The van der Waals surface area contributed by atoms with E-state index in [9.17, 15) is 4.79 Å². The maximum Gasteiger partial charge on any atom is 0.241 e. The fourth-order valence-corrected chi connectivity index (χ4v) is 2.54.